The van der Waals surface area contributed by atoms with Crippen LogP contribution in [0.2, 0.25) is 0 Å². The van der Waals surface area contributed by atoms with Crippen molar-refractivity contribution in [3.05, 3.63) is 72.1 Å². The number of hydrogen-bond donors (Lipinski definition) is 1. The standard InChI is InChI=1S/C15H12F2N4/c16-14-7-6-11(8-15(14)17)18-9-12-10-19-21(20-12)13-4-2-1-3-5-13/h1-8,10,18H,9H2. The molecule has 6 heteroatoms. The zero-order valence-electron chi connectivity index (χ0n) is 11.0. The van der Waals surface area contributed by atoms with Crippen LogP contribution in [0.5, 0.6) is 0 Å². The molecule has 0 saturated heterocycles. The molecule has 0 bridgehead atoms. The molecule has 0 spiro atoms. The van der Waals surface area contributed by atoms with Gasteiger partial charge < -0.3 is 5.32 Å². The minimum Gasteiger partial charge on any atom is -0.379 e. The van der Waals surface area contributed by atoms with Gasteiger partial charge in [0.25, 0.3) is 0 Å². The summed E-state index contributed by atoms with van der Waals surface area (Å²) >= 11 is 0. The number of rotatable bonds is 4. The van der Waals surface area contributed by atoms with E-state index in [1.807, 2.05) is 30.3 Å². The molecule has 0 atom stereocenters. The first-order valence-corrected chi connectivity index (χ1v) is 6.38. The maximum Gasteiger partial charge on any atom is 0.160 e. The number of benzene rings is 2. The lowest BCUT2D eigenvalue weighted by atomic mass is 10.3. The number of nitrogens with one attached hydrogen (secondary N) is 1. The van der Waals surface area contributed by atoms with Crippen LogP contribution in [0.25, 0.3) is 5.69 Å². The van der Waals surface area contributed by atoms with Crippen LogP contribution in [0, 0.1) is 11.6 Å². The van der Waals surface area contributed by atoms with Crippen LogP contribution in [-0.4, -0.2) is 15.0 Å². The van der Waals surface area contributed by atoms with E-state index in [1.165, 1.54) is 10.9 Å². The molecule has 3 aromatic rings. The second-order valence-electron chi connectivity index (χ2n) is 4.44. The van der Waals surface area contributed by atoms with Crippen LogP contribution in [0.3, 0.4) is 0 Å². The Hall–Kier alpha value is -2.76. The second kappa shape index (κ2) is 5.70. The number of para-hydroxylation sites is 1. The third kappa shape index (κ3) is 3.05. The fourth-order valence-electron chi connectivity index (χ4n) is 1.86. The van der Waals surface area contributed by atoms with Gasteiger partial charge >= 0.3 is 0 Å². The zero-order valence-corrected chi connectivity index (χ0v) is 11.0. The molecule has 1 heterocycles. The monoisotopic (exact) mass is 286 g/mol. The van der Waals surface area contributed by atoms with Crippen LogP contribution in [-0.2, 0) is 6.54 Å². The largest absolute Gasteiger partial charge is 0.379 e. The summed E-state index contributed by atoms with van der Waals surface area (Å²) in [5.74, 6) is -1.75. The van der Waals surface area contributed by atoms with Crippen molar-refractivity contribution in [2.75, 3.05) is 5.32 Å². The van der Waals surface area contributed by atoms with E-state index in [4.69, 9.17) is 0 Å². The summed E-state index contributed by atoms with van der Waals surface area (Å²) in [5, 5.41) is 11.4. The van der Waals surface area contributed by atoms with Crippen molar-refractivity contribution in [1.82, 2.24) is 15.0 Å². The number of anilines is 1. The van der Waals surface area contributed by atoms with Gasteiger partial charge in [-0.3, -0.25) is 0 Å². The molecule has 0 radical (unpaired) electrons. The lowest BCUT2D eigenvalue weighted by molar-refractivity contribution is 0.509. The van der Waals surface area contributed by atoms with Crippen LogP contribution >= 0.6 is 0 Å². The fourth-order valence-corrected chi connectivity index (χ4v) is 1.86. The molecule has 0 aliphatic carbocycles. The summed E-state index contributed by atoms with van der Waals surface area (Å²) in [4.78, 5) is 1.52. The SMILES string of the molecule is Fc1ccc(NCc2cnn(-c3ccccc3)n2)cc1F. The van der Waals surface area contributed by atoms with Crippen molar-refractivity contribution in [3.63, 3.8) is 0 Å². The van der Waals surface area contributed by atoms with Crippen LogP contribution in [0.4, 0.5) is 14.5 Å². The number of halogens is 2. The Morgan fingerprint density at radius 1 is 1.00 bits per heavy atom. The predicted octanol–water partition coefficient (Wildman–Crippen LogP) is 3.16. The Bertz CT molecular complexity index is 740. The quantitative estimate of drug-likeness (QED) is 0.801. The van der Waals surface area contributed by atoms with Gasteiger partial charge in [-0.2, -0.15) is 15.0 Å². The Kier molecular flexibility index (Phi) is 3.59. The summed E-state index contributed by atoms with van der Waals surface area (Å²) in [6.45, 7) is 0.373. The molecule has 0 unspecified atom stereocenters. The van der Waals surface area contributed by atoms with Crippen molar-refractivity contribution in [1.29, 1.82) is 0 Å². The van der Waals surface area contributed by atoms with E-state index in [9.17, 15) is 8.78 Å². The van der Waals surface area contributed by atoms with Crippen LogP contribution in [0.1, 0.15) is 5.69 Å². The highest BCUT2D eigenvalue weighted by atomic mass is 19.2. The molecular weight excluding hydrogens is 274 g/mol. The molecule has 0 saturated carbocycles. The molecule has 4 nitrogen and oxygen atoms in total. The molecule has 0 aliphatic rings. The van der Waals surface area contributed by atoms with Gasteiger partial charge in [0.2, 0.25) is 0 Å². The highest BCUT2D eigenvalue weighted by Gasteiger charge is 2.05. The van der Waals surface area contributed by atoms with Gasteiger partial charge in [0, 0.05) is 11.8 Å². The van der Waals surface area contributed by atoms with Gasteiger partial charge in [-0.05, 0) is 24.3 Å². The van der Waals surface area contributed by atoms with Gasteiger partial charge in [-0.25, -0.2) is 8.78 Å². The molecular formula is C15H12F2N4. The predicted molar refractivity (Wildman–Crippen MR) is 75.0 cm³/mol. The highest BCUT2D eigenvalue weighted by Crippen LogP contribution is 2.14. The van der Waals surface area contributed by atoms with Crippen LogP contribution in [0.15, 0.2) is 54.7 Å². The van der Waals surface area contributed by atoms with E-state index in [2.05, 4.69) is 15.5 Å². The smallest absolute Gasteiger partial charge is 0.160 e. The lowest BCUT2D eigenvalue weighted by Crippen LogP contribution is -2.03. The fraction of sp³-hybridized carbons (Fsp3) is 0.0667. The van der Waals surface area contributed by atoms with Gasteiger partial charge in [0.1, 0.15) is 5.69 Å². The van der Waals surface area contributed by atoms with Crippen molar-refractivity contribution < 1.29 is 8.78 Å². The molecule has 2 aromatic carbocycles. The first-order valence-electron chi connectivity index (χ1n) is 6.38. The second-order valence-corrected chi connectivity index (χ2v) is 4.44. The van der Waals surface area contributed by atoms with Crippen molar-refractivity contribution in [2.45, 2.75) is 6.54 Å². The first-order chi connectivity index (χ1) is 10.2. The normalized spacial score (nSPS) is 10.6. The lowest BCUT2D eigenvalue weighted by Gasteiger charge is -2.04. The molecule has 0 amide bonds. The Balaban J connectivity index is 1.69. The van der Waals surface area contributed by atoms with Gasteiger partial charge in [0.15, 0.2) is 11.6 Å². The third-order valence-electron chi connectivity index (χ3n) is 2.92. The van der Waals surface area contributed by atoms with Gasteiger partial charge in [-0.1, -0.05) is 18.2 Å². The summed E-state index contributed by atoms with van der Waals surface area (Å²) in [6.07, 6.45) is 1.62. The number of nitrogens with zero attached hydrogens (tertiary/aromatic N) is 3. The average molecular weight is 286 g/mol. The summed E-state index contributed by atoms with van der Waals surface area (Å²) < 4.78 is 25.9. The first kappa shape index (κ1) is 13.2. The van der Waals surface area contributed by atoms with E-state index in [0.717, 1.165) is 17.8 Å². The Labute approximate surface area is 120 Å². The summed E-state index contributed by atoms with van der Waals surface area (Å²) in [5.41, 5.74) is 2.04. The molecule has 3 rings (SSSR count). The average Bonchev–Trinajstić information content (AvgIpc) is 2.98. The topological polar surface area (TPSA) is 42.7 Å². The summed E-state index contributed by atoms with van der Waals surface area (Å²) in [6, 6.07) is 13.2. The van der Waals surface area contributed by atoms with E-state index in [1.54, 1.807) is 6.20 Å². The Morgan fingerprint density at radius 3 is 2.57 bits per heavy atom. The molecule has 1 aromatic heterocycles. The number of hydrogen-bond acceptors (Lipinski definition) is 3. The minimum absolute atomic E-state index is 0.373. The molecule has 21 heavy (non-hydrogen) atoms. The zero-order chi connectivity index (χ0) is 14.7. The van der Waals surface area contributed by atoms with Crippen molar-refractivity contribution in [3.8, 4) is 5.69 Å². The molecule has 1 N–H and O–H groups in total. The molecule has 0 aliphatic heterocycles. The van der Waals surface area contributed by atoms with Gasteiger partial charge in [0.05, 0.1) is 18.4 Å². The third-order valence-corrected chi connectivity index (χ3v) is 2.92. The van der Waals surface area contributed by atoms with Crippen molar-refractivity contribution >= 4 is 5.69 Å². The molecule has 106 valence electrons. The van der Waals surface area contributed by atoms with Gasteiger partial charge in [-0.15, -0.1) is 0 Å². The highest BCUT2D eigenvalue weighted by molar-refractivity contribution is 5.43. The van der Waals surface area contributed by atoms with E-state index in [-0.39, 0.29) is 0 Å². The minimum atomic E-state index is -0.882. The van der Waals surface area contributed by atoms with E-state index in [0.29, 0.717) is 17.9 Å². The maximum atomic E-state index is 13.1. The maximum absolute atomic E-state index is 13.1. The number of aromatic nitrogens is 3. The molecule has 0 fully saturated rings. The van der Waals surface area contributed by atoms with Crippen molar-refractivity contribution in [2.24, 2.45) is 0 Å². The summed E-state index contributed by atoms with van der Waals surface area (Å²) in [7, 11) is 0. The van der Waals surface area contributed by atoms with E-state index < -0.39 is 11.6 Å². The Morgan fingerprint density at radius 2 is 1.81 bits per heavy atom. The van der Waals surface area contributed by atoms with Crippen LogP contribution < -0.4 is 5.32 Å². The van der Waals surface area contributed by atoms with E-state index >= 15 is 0 Å².